The average Bonchev–Trinajstić information content (AvgIpc) is 3.14. The van der Waals surface area contributed by atoms with Crippen molar-refractivity contribution in [2.75, 3.05) is 0 Å². The summed E-state index contributed by atoms with van der Waals surface area (Å²) in [6.45, 7) is 1.52. The zero-order chi connectivity index (χ0) is 20.5. The highest BCUT2D eigenvalue weighted by Crippen LogP contribution is 2.22. The first-order valence-electron chi connectivity index (χ1n) is 8.82. The van der Waals surface area contributed by atoms with Crippen LogP contribution in [0.4, 0.5) is 8.78 Å². The molecular weight excluding hydrogens is 380 g/mol. The van der Waals surface area contributed by atoms with E-state index in [1.165, 1.54) is 19.4 Å². The van der Waals surface area contributed by atoms with Crippen LogP contribution >= 0.6 is 0 Å². The lowest BCUT2D eigenvalue weighted by molar-refractivity contribution is -0.121. The molecule has 146 valence electrons. The van der Waals surface area contributed by atoms with Crippen LogP contribution in [0.25, 0.3) is 22.4 Å². The lowest BCUT2D eigenvalue weighted by Crippen LogP contribution is -2.30. The van der Waals surface area contributed by atoms with Crippen molar-refractivity contribution < 1.29 is 18.0 Å². The van der Waals surface area contributed by atoms with Crippen molar-refractivity contribution in [2.45, 2.75) is 19.4 Å². The first kappa shape index (κ1) is 18.7. The quantitative estimate of drug-likeness (QED) is 0.515. The van der Waals surface area contributed by atoms with Crippen LogP contribution < -0.4 is 5.56 Å². The number of Topliss-reactive ketones (excluding diaryl/α,β-unsaturated/α-hetero) is 1. The Morgan fingerprint density at radius 1 is 1.10 bits per heavy atom. The fraction of sp³-hybridized carbons (Fsp3) is 0.143. The maximum Gasteiger partial charge on any atom is 0.267 e. The van der Waals surface area contributed by atoms with Gasteiger partial charge in [0.25, 0.3) is 5.56 Å². The van der Waals surface area contributed by atoms with E-state index in [1.54, 1.807) is 24.3 Å². The molecule has 1 unspecified atom stereocenters. The number of oxazole rings is 1. The molecule has 4 aromatic rings. The Balaban J connectivity index is 1.64. The van der Waals surface area contributed by atoms with Gasteiger partial charge in [-0.15, -0.1) is 0 Å². The van der Waals surface area contributed by atoms with Gasteiger partial charge in [-0.3, -0.25) is 9.59 Å². The van der Waals surface area contributed by atoms with E-state index in [9.17, 15) is 18.4 Å². The molecule has 0 fully saturated rings. The summed E-state index contributed by atoms with van der Waals surface area (Å²) < 4.78 is 33.0. The Morgan fingerprint density at radius 2 is 1.86 bits per heavy atom. The molecule has 2 aromatic carbocycles. The van der Waals surface area contributed by atoms with Gasteiger partial charge in [0.2, 0.25) is 0 Å². The monoisotopic (exact) mass is 395 g/mol. The average molecular weight is 395 g/mol. The molecule has 0 N–H and O–H groups in total. The fourth-order valence-corrected chi connectivity index (χ4v) is 3.07. The molecule has 6 nitrogen and oxygen atoms in total. The SMILES string of the molecule is CC(C(=O)Cc1cc(F)cc(F)c1)n1nc(-c2ccc3ocnc3c2)ccc1=O. The zero-order valence-corrected chi connectivity index (χ0v) is 15.3. The van der Waals surface area contributed by atoms with Crippen LogP contribution in [-0.4, -0.2) is 20.5 Å². The minimum Gasteiger partial charge on any atom is -0.443 e. The van der Waals surface area contributed by atoms with Crippen LogP contribution in [0.5, 0.6) is 0 Å². The number of fused-ring (bicyclic) bond motifs is 1. The summed E-state index contributed by atoms with van der Waals surface area (Å²) in [4.78, 5) is 29.0. The smallest absolute Gasteiger partial charge is 0.267 e. The van der Waals surface area contributed by atoms with Gasteiger partial charge in [-0.1, -0.05) is 0 Å². The van der Waals surface area contributed by atoms with Gasteiger partial charge in [0.1, 0.15) is 23.2 Å². The fourth-order valence-electron chi connectivity index (χ4n) is 3.07. The molecule has 1 atom stereocenters. The largest absolute Gasteiger partial charge is 0.443 e. The number of hydrogen-bond acceptors (Lipinski definition) is 5. The maximum atomic E-state index is 13.4. The third kappa shape index (κ3) is 3.82. The number of carbonyl (C=O) groups excluding carboxylic acids is 1. The number of halogens is 2. The molecule has 4 rings (SSSR count). The number of carbonyl (C=O) groups is 1. The van der Waals surface area contributed by atoms with Gasteiger partial charge in [0.05, 0.1) is 5.69 Å². The number of rotatable bonds is 5. The van der Waals surface area contributed by atoms with Crippen LogP contribution in [0, 0.1) is 11.6 Å². The lowest BCUT2D eigenvalue weighted by Gasteiger charge is -2.14. The van der Waals surface area contributed by atoms with E-state index in [0.717, 1.165) is 22.9 Å². The Hall–Kier alpha value is -3.68. The Morgan fingerprint density at radius 3 is 2.62 bits per heavy atom. The molecule has 0 saturated heterocycles. The molecule has 2 heterocycles. The number of hydrogen-bond donors (Lipinski definition) is 0. The Kier molecular flexibility index (Phi) is 4.75. The van der Waals surface area contributed by atoms with Gasteiger partial charge in [0, 0.05) is 24.1 Å². The van der Waals surface area contributed by atoms with Crippen LogP contribution in [0.1, 0.15) is 18.5 Å². The summed E-state index contributed by atoms with van der Waals surface area (Å²) in [5, 5.41) is 4.31. The molecule has 0 saturated carbocycles. The van der Waals surface area contributed by atoms with E-state index in [1.807, 2.05) is 0 Å². The highest BCUT2D eigenvalue weighted by atomic mass is 19.1. The Labute approximate surface area is 163 Å². The summed E-state index contributed by atoms with van der Waals surface area (Å²) in [7, 11) is 0. The van der Waals surface area contributed by atoms with Gasteiger partial charge in [0.15, 0.2) is 17.8 Å². The summed E-state index contributed by atoms with van der Waals surface area (Å²) in [6.07, 6.45) is 1.11. The van der Waals surface area contributed by atoms with Crippen LogP contribution in [0.15, 0.2) is 64.1 Å². The second-order valence-corrected chi connectivity index (χ2v) is 6.63. The topological polar surface area (TPSA) is 78.0 Å². The van der Waals surface area contributed by atoms with Gasteiger partial charge < -0.3 is 4.42 Å². The molecule has 2 aromatic heterocycles. The minimum atomic E-state index is -0.912. The first-order chi connectivity index (χ1) is 13.9. The van der Waals surface area contributed by atoms with Crippen molar-refractivity contribution >= 4 is 16.9 Å². The summed E-state index contributed by atoms with van der Waals surface area (Å²) in [6, 6.07) is 10.1. The van der Waals surface area contributed by atoms with Crippen molar-refractivity contribution in [1.82, 2.24) is 14.8 Å². The summed E-state index contributed by atoms with van der Waals surface area (Å²) in [5.41, 5.74) is 2.17. The van der Waals surface area contributed by atoms with Crippen LogP contribution in [0.3, 0.4) is 0 Å². The van der Waals surface area contributed by atoms with E-state index in [0.29, 0.717) is 22.4 Å². The predicted octanol–water partition coefficient (Wildman–Crippen LogP) is 3.70. The molecule has 0 aliphatic heterocycles. The molecule has 8 heteroatoms. The van der Waals surface area contributed by atoms with Crippen molar-refractivity contribution in [3.8, 4) is 11.3 Å². The number of benzene rings is 2. The van der Waals surface area contributed by atoms with Crippen molar-refractivity contribution in [3.05, 3.63) is 82.5 Å². The lowest BCUT2D eigenvalue weighted by atomic mass is 10.0. The summed E-state index contributed by atoms with van der Waals surface area (Å²) >= 11 is 0. The van der Waals surface area contributed by atoms with Crippen LogP contribution in [-0.2, 0) is 11.2 Å². The van der Waals surface area contributed by atoms with Gasteiger partial charge >= 0.3 is 0 Å². The van der Waals surface area contributed by atoms with Gasteiger partial charge in [-0.25, -0.2) is 18.4 Å². The zero-order valence-electron chi connectivity index (χ0n) is 15.3. The third-order valence-corrected chi connectivity index (χ3v) is 4.58. The number of nitrogens with zero attached hydrogens (tertiary/aromatic N) is 3. The maximum absolute atomic E-state index is 13.4. The van der Waals surface area contributed by atoms with Crippen LogP contribution in [0.2, 0.25) is 0 Å². The third-order valence-electron chi connectivity index (χ3n) is 4.58. The normalized spacial score (nSPS) is 12.2. The van der Waals surface area contributed by atoms with Crippen molar-refractivity contribution in [1.29, 1.82) is 0 Å². The molecule has 0 radical (unpaired) electrons. The molecule has 0 amide bonds. The van der Waals surface area contributed by atoms with Crippen molar-refractivity contribution in [3.63, 3.8) is 0 Å². The standard InChI is InChI=1S/C21H15F2N3O3/c1-12(19(27)8-13-6-15(22)10-16(23)7-13)26-21(28)5-3-17(25-26)14-2-4-20-18(9-14)24-11-29-20/h2-7,9-12H,8H2,1H3. The molecular formula is C21H15F2N3O3. The Bertz CT molecular complexity index is 1260. The predicted molar refractivity (Wildman–Crippen MR) is 101 cm³/mol. The molecule has 29 heavy (non-hydrogen) atoms. The van der Waals surface area contributed by atoms with Gasteiger partial charge in [-0.05, 0) is 48.9 Å². The summed E-state index contributed by atoms with van der Waals surface area (Å²) in [5.74, 6) is -1.92. The second-order valence-electron chi connectivity index (χ2n) is 6.63. The molecule has 0 bridgehead atoms. The second kappa shape index (κ2) is 7.38. The van der Waals surface area contributed by atoms with E-state index in [2.05, 4.69) is 10.1 Å². The number of ketones is 1. The van der Waals surface area contributed by atoms with Gasteiger partial charge in [-0.2, -0.15) is 5.10 Å². The number of aromatic nitrogens is 3. The minimum absolute atomic E-state index is 0.194. The van der Waals surface area contributed by atoms with E-state index >= 15 is 0 Å². The molecule has 0 aliphatic rings. The van der Waals surface area contributed by atoms with E-state index in [-0.39, 0.29) is 12.0 Å². The highest BCUT2D eigenvalue weighted by molar-refractivity contribution is 5.84. The molecule has 0 aliphatic carbocycles. The van der Waals surface area contributed by atoms with E-state index < -0.39 is 29.0 Å². The molecule has 0 spiro atoms. The first-order valence-corrected chi connectivity index (χ1v) is 8.82. The van der Waals surface area contributed by atoms with E-state index in [4.69, 9.17) is 4.42 Å². The van der Waals surface area contributed by atoms with Crippen molar-refractivity contribution in [2.24, 2.45) is 0 Å². The highest BCUT2D eigenvalue weighted by Gasteiger charge is 2.19.